The number of piperazine rings is 1. The zero-order chi connectivity index (χ0) is 63.1. The molecule has 0 unspecified atom stereocenters. The molecule has 24 heteroatoms. The first-order valence-electron chi connectivity index (χ1n) is 29.0. The highest BCUT2D eigenvalue weighted by atomic mass is 35.5. The Morgan fingerprint density at radius 1 is 0.756 bits per heavy atom. The van der Waals surface area contributed by atoms with Gasteiger partial charge >= 0.3 is 13.3 Å². The molecule has 5 aromatic rings. The number of benzene rings is 5. The van der Waals surface area contributed by atoms with Crippen molar-refractivity contribution in [1.82, 2.24) is 14.5 Å². The molecule has 0 bridgehead atoms. The maximum Gasteiger partial charge on any atom is 0.501 e. The summed E-state index contributed by atoms with van der Waals surface area (Å²) in [6.45, 7) is 26.5. The number of hydrogen-bond donors (Lipinski definition) is 2. The van der Waals surface area contributed by atoms with Gasteiger partial charge in [0.2, 0.25) is 0 Å². The second-order valence-corrected chi connectivity index (χ2v) is 36.8. The van der Waals surface area contributed by atoms with Gasteiger partial charge in [-0.1, -0.05) is 87.0 Å². The van der Waals surface area contributed by atoms with Crippen LogP contribution < -0.4 is 19.4 Å². The van der Waals surface area contributed by atoms with E-state index in [1.807, 2.05) is 59.3 Å². The number of rotatable bonds is 24. The number of sulfonamides is 1. The highest BCUT2D eigenvalue weighted by Crippen LogP contribution is 2.55. The SMILES string of the molecule is CC(C)(C)OP(=O)(OCCN1CCN(CC[C@H](CSc2ccccc2)Nc2ccc(S(=O)(=O)NC(=O)c3ccc(N4CCC(Cc5c(-c6ccccc6)ccc(O[Si](C)(C)C(C)(C)C)c5Cl)CC4)cc3)cc2S(=O)(=O)C(F)(F)F)CC1)OC(C)(C)C. The number of thioether (sulfide) groups is 1. The number of carbonyl (C=O) groups is 1. The van der Waals surface area contributed by atoms with E-state index in [-0.39, 0.29) is 17.2 Å². The van der Waals surface area contributed by atoms with Crippen LogP contribution in [0.25, 0.3) is 11.1 Å². The van der Waals surface area contributed by atoms with Crippen molar-refractivity contribution in [3.05, 3.63) is 131 Å². The predicted molar refractivity (Wildman–Crippen MR) is 341 cm³/mol. The molecule has 86 heavy (non-hydrogen) atoms. The minimum atomic E-state index is -6.14. The van der Waals surface area contributed by atoms with Crippen LogP contribution in [-0.4, -0.2) is 128 Å². The molecule has 7 rings (SSSR count). The van der Waals surface area contributed by atoms with Gasteiger partial charge in [-0.05, 0) is 169 Å². The van der Waals surface area contributed by atoms with Crippen LogP contribution in [0.3, 0.4) is 0 Å². The zero-order valence-corrected chi connectivity index (χ0v) is 56.2. The number of nitrogens with one attached hydrogen (secondary N) is 2. The Kier molecular flexibility index (Phi) is 22.6. The molecule has 2 aliphatic rings. The van der Waals surface area contributed by atoms with Crippen molar-refractivity contribution in [2.45, 2.75) is 144 Å². The summed E-state index contributed by atoms with van der Waals surface area (Å²) < 4.78 is 137. The molecule has 0 saturated carbocycles. The highest BCUT2D eigenvalue weighted by Gasteiger charge is 2.49. The number of piperidine rings is 1. The highest BCUT2D eigenvalue weighted by molar-refractivity contribution is 7.99. The normalized spacial score (nSPS) is 16.2. The van der Waals surface area contributed by atoms with E-state index in [1.54, 1.807) is 53.7 Å². The summed E-state index contributed by atoms with van der Waals surface area (Å²) in [4.78, 5) is 18.9. The molecule has 2 saturated heterocycles. The van der Waals surface area contributed by atoms with Crippen molar-refractivity contribution in [1.29, 1.82) is 0 Å². The Bertz CT molecular complexity index is 3350. The fourth-order valence-electron chi connectivity index (χ4n) is 9.81. The lowest BCUT2D eigenvalue weighted by atomic mass is 9.86. The number of hydrogen-bond acceptors (Lipinski definition) is 15. The Labute approximate surface area is 518 Å². The molecule has 1 atom stereocenters. The molecule has 0 aromatic heterocycles. The molecule has 0 radical (unpaired) electrons. The van der Waals surface area contributed by atoms with Crippen LogP contribution >= 0.6 is 31.2 Å². The van der Waals surface area contributed by atoms with Crippen molar-refractivity contribution < 1.29 is 57.4 Å². The number of anilines is 2. The van der Waals surface area contributed by atoms with E-state index < -0.39 is 80.1 Å². The van der Waals surface area contributed by atoms with E-state index >= 15 is 0 Å². The molecule has 0 aliphatic carbocycles. The number of sulfone groups is 1. The third-order valence-electron chi connectivity index (χ3n) is 15.4. The molecule has 472 valence electrons. The molecule has 2 N–H and O–H groups in total. The number of phosphoric ester groups is 1. The summed E-state index contributed by atoms with van der Waals surface area (Å²) in [5, 5.41) is 3.64. The van der Waals surface area contributed by atoms with Gasteiger partial charge in [0.15, 0.2) is 0 Å². The minimum Gasteiger partial charge on any atom is -0.542 e. The first kappa shape index (κ1) is 69.0. The molecule has 5 aromatic carbocycles. The minimum absolute atomic E-state index is 0.0225. The van der Waals surface area contributed by atoms with E-state index in [1.165, 1.54) is 23.9 Å². The summed E-state index contributed by atoms with van der Waals surface area (Å²) in [6, 6.07) is 31.7. The average molecular weight is 1310 g/mol. The second-order valence-electron chi connectivity index (χ2n) is 25.5. The van der Waals surface area contributed by atoms with Gasteiger partial charge < -0.3 is 19.5 Å². The van der Waals surface area contributed by atoms with Crippen molar-refractivity contribution in [3.8, 4) is 16.9 Å². The van der Waals surface area contributed by atoms with Gasteiger partial charge in [-0.3, -0.25) is 23.3 Å². The third-order valence-corrected chi connectivity index (χ3v) is 26.2. The maximum absolute atomic E-state index is 14.5. The van der Waals surface area contributed by atoms with Crippen LogP contribution in [-0.2, 0) is 44.4 Å². The molecular weight excluding hydrogens is 1220 g/mol. The monoisotopic (exact) mass is 1310 g/mol. The third kappa shape index (κ3) is 19.0. The van der Waals surface area contributed by atoms with Crippen molar-refractivity contribution in [2.24, 2.45) is 5.92 Å². The van der Waals surface area contributed by atoms with Crippen LogP contribution in [0.2, 0.25) is 23.2 Å². The van der Waals surface area contributed by atoms with Crippen LogP contribution in [0.5, 0.6) is 5.75 Å². The zero-order valence-electron chi connectivity index (χ0n) is 51.1. The van der Waals surface area contributed by atoms with Gasteiger partial charge in [0.25, 0.3) is 34.1 Å². The summed E-state index contributed by atoms with van der Waals surface area (Å²) in [7, 11) is -17.2. The van der Waals surface area contributed by atoms with Crippen LogP contribution in [0, 0.1) is 5.92 Å². The summed E-state index contributed by atoms with van der Waals surface area (Å²) >= 11 is 8.69. The molecule has 15 nitrogen and oxygen atoms in total. The standard InChI is InChI=1S/C62H84ClF3N5O10PS3Si/c1-59(2,3)80-82(73,81-60(4,5)6)78-41-40-70-38-36-69(37-39-70)33-32-48(44-83-50-20-16-13-17-21-50)67-54-28-26-51(43-56(54)84(74,75)62(64,65)66)85(76,77)68-58(72)47-22-24-49(25-23-47)71-34-30-45(31-35-71)42-53-52(46-18-14-12-15-19-46)27-29-55(57(53)63)79-86(10,11)61(7,8)9/h12-29,43,45,48,67H,30-42,44H2,1-11H3,(H,68,72)/t48-/m1/s1. The van der Waals surface area contributed by atoms with E-state index in [9.17, 15) is 39.4 Å². The number of nitrogens with zero attached hydrogens (tertiary/aromatic N) is 3. The lowest BCUT2D eigenvalue weighted by Gasteiger charge is -2.37. The van der Waals surface area contributed by atoms with Crippen molar-refractivity contribution in [2.75, 3.05) is 74.9 Å². The Morgan fingerprint density at radius 3 is 1.88 bits per heavy atom. The van der Waals surface area contributed by atoms with Gasteiger partial charge in [0.1, 0.15) is 10.6 Å². The topological polar surface area (TPSA) is 173 Å². The smallest absolute Gasteiger partial charge is 0.501 e. The summed E-state index contributed by atoms with van der Waals surface area (Å²) in [5.74, 6) is 0.254. The molecule has 2 aliphatic heterocycles. The van der Waals surface area contributed by atoms with Gasteiger partial charge in [0.05, 0.1) is 33.4 Å². The maximum atomic E-state index is 14.5. The van der Waals surface area contributed by atoms with E-state index in [0.717, 1.165) is 58.7 Å². The van der Waals surface area contributed by atoms with Gasteiger partial charge in [-0.15, -0.1) is 11.8 Å². The predicted octanol–water partition coefficient (Wildman–Crippen LogP) is 14.6. The Morgan fingerprint density at radius 2 is 1.33 bits per heavy atom. The van der Waals surface area contributed by atoms with Crippen LogP contribution in [0.15, 0.2) is 130 Å². The molecule has 0 spiro atoms. The molecule has 2 heterocycles. The Balaban J connectivity index is 0.997. The fourth-order valence-corrected chi connectivity index (χ4v) is 16.0. The van der Waals surface area contributed by atoms with Crippen LogP contribution in [0.1, 0.15) is 97.5 Å². The summed E-state index contributed by atoms with van der Waals surface area (Å²) in [6.07, 6.45) is 2.80. The van der Waals surface area contributed by atoms with E-state index in [4.69, 9.17) is 29.6 Å². The molecule has 1 amide bonds. The molecular formula is C62H84ClF3N5O10PS3Si. The van der Waals surface area contributed by atoms with Gasteiger partial charge in [-0.25, -0.2) is 26.1 Å². The van der Waals surface area contributed by atoms with Crippen molar-refractivity contribution in [3.63, 3.8) is 0 Å². The average Bonchev–Trinajstić information content (AvgIpc) is 1.07. The van der Waals surface area contributed by atoms with Crippen molar-refractivity contribution >= 4 is 76.6 Å². The lowest BCUT2D eigenvalue weighted by Crippen LogP contribution is -2.48. The largest absolute Gasteiger partial charge is 0.542 e. The summed E-state index contributed by atoms with van der Waals surface area (Å²) in [5.41, 5.74) is -3.85. The van der Waals surface area contributed by atoms with Gasteiger partial charge in [-0.2, -0.15) is 13.2 Å². The van der Waals surface area contributed by atoms with Crippen LogP contribution in [0.4, 0.5) is 24.5 Å². The van der Waals surface area contributed by atoms with E-state index in [0.29, 0.717) is 87.3 Å². The number of phosphoric acid groups is 1. The number of alkyl halides is 3. The quantitative estimate of drug-likeness (QED) is 0.0339. The first-order chi connectivity index (χ1) is 40.0. The lowest BCUT2D eigenvalue weighted by molar-refractivity contribution is -0.0436. The number of amides is 1. The van der Waals surface area contributed by atoms with E-state index in [2.05, 4.69) is 72.1 Å². The van der Waals surface area contributed by atoms with Gasteiger partial charge in [0, 0.05) is 80.3 Å². The fraction of sp³-hybridized carbons (Fsp3) is 0.500. The number of halogens is 4. The second kappa shape index (κ2) is 28.2. The number of carbonyl (C=O) groups excluding carboxylic acids is 1. The molecule has 2 fully saturated rings. The Hall–Kier alpha value is -4.45. The first-order valence-corrected chi connectivity index (χ1v) is 37.7.